The van der Waals surface area contributed by atoms with Crippen LogP contribution in [0.15, 0.2) is 60.9 Å². The predicted molar refractivity (Wildman–Crippen MR) is 82.8 cm³/mol. The van der Waals surface area contributed by atoms with Gasteiger partial charge in [-0.1, -0.05) is 24.3 Å². The number of hydrogen-bond donors (Lipinski definition) is 0. The summed E-state index contributed by atoms with van der Waals surface area (Å²) in [6, 6.07) is 15.5. The van der Waals surface area contributed by atoms with Crippen LogP contribution in [0.1, 0.15) is 15.9 Å². The summed E-state index contributed by atoms with van der Waals surface area (Å²) >= 11 is 0. The first kappa shape index (κ1) is 13.3. The van der Waals surface area contributed by atoms with Gasteiger partial charge in [-0.2, -0.15) is 0 Å². The van der Waals surface area contributed by atoms with Gasteiger partial charge in [-0.15, -0.1) is 0 Å². The monoisotopic (exact) mass is 277 g/mol. The maximum absolute atomic E-state index is 12.3. The highest BCUT2D eigenvalue weighted by Crippen LogP contribution is 2.25. The molecule has 0 spiro atoms. The first-order chi connectivity index (χ1) is 10.3. The van der Waals surface area contributed by atoms with E-state index in [-0.39, 0.29) is 5.78 Å². The van der Waals surface area contributed by atoms with Crippen molar-refractivity contribution in [1.82, 2.24) is 4.98 Å². The van der Waals surface area contributed by atoms with Crippen LogP contribution in [0.4, 0.5) is 0 Å². The lowest BCUT2D eigenvalue weighted by Crippen LogP contribution is -2.04. The zero-order valence-corrected chi connectivity index (χ0v) is 11.7. The van der Waals surface area contributed by atoms with Gasteiger partial charge in [0.05, 0.1) is 7.11 Å². The fourth-order valence-corrected chi connectivity index (χ4v) is 2.40. The van der Waals surface area contributed by atoms with E-state index in [1.165, 1.54) is 0 Å². The van der Waals surface area contributed by atoms with Gasteiger partial charge in [0, 0.05) is 24.4 Å². The summed E-state index contributed by atoms with van der Waals surface area (Å²) in [5, 5.41) is 2.15. The Morgan fingerprint density at radius 1 is 1.14 bits per heavy atom. The van der Waals surface area contributed by atoms with Gasteiger partial charge in [-0.05, 0) is 40.6 Å². The molecule has 0 saturated heterocycles. The van der Waals surface area contributed by atoms with Crippen LogP contribution in [0.2, 0.25) is 0 Å². The van der Waals surface area contributed by atoms with Gasteiger partial charge in [0.1, 0.15) is 5.75 Å². The second-order valence-electron chi connectivity index (χ2n) is 4.85. The number of carbonyl (C=O) groups is 1. The quantitative estimate of drug-likeness (QED) is 0.683. The Bertz CT molecular complexity index is 782. The summed E-state index contributed by atoms with van der Waals surface area (Å²) in [6.45, 7) is 0. The van der Waals surface area contributed by atoms with E-state index < -0.39 is 0 Å². The van der Waals surface area contributed by atoms with Gasteiger partial charge >= 0.3 is 0 Å². The van der Waals surface area contributed by atoms with Crippen LogP contribution >= 0.6 is 0 Å². The summed E-state index contributed by atoms with van der Waals surface area (Å²) in [7, 11) is 1.64. The van der Waals surface area contributed by atoms with Crippen molar-refractivity contribution in [2.24, 2.45) is 0 Å². The van der Waals surface area contributed by atoms with Crippen molar-refractivity contribution in [3.05, 3.63) is 72.1 Å². The molecule has 1 aromatic heterocycles. The van der Waals surface area contributed by atoms with E-state index in [9.17, 15) is 4.79 Å². The molecule has 0 amide bonds. The number of rotatable bonds is 4. The van der Waals surface area contributed by atoms with E-state index in [2.05, 4.69) is 4.98 Å². The highest BCUT2D eigenvalue weighted by atomic mass is 16.5. The number of aromatic nitrogens is 1. The van der Waals surface area contributed by atoms with E-state index in [1.54, 1.807) is 31.6 Å². The number of hydrogen-bond acceptors (Lipinski definition) is 3. The van der Waals surface area contributed by atoms with Crippen molar-refractivity contribution in [2.45, 2.75) is 6.42 Å². The molecule has 0 saturated carbocycles. The van der Waals surface area contributed by atoms with E-state index in [0.29, 0.717) is 12.0 Å². The number of ketones is 1. The average molecular weight is 277 g/mol. The molecule has 0 aliphatic heterocycles. The Morgan fingerprint density at radius 3 is 2.81 bits per heavy atom. The summed E-state index contributed by atoms with van der Waals surface area (Å²) in [5.74, 6) is 0.863. The maximum Gasteiger partial charge on any atom is 0.168 e. The Balaban J connectivity index is 1.98. The van der Waals surface area contributed by atoms with Crippen LogP contribution in [-0.4, -0.2) is 17.9 Å². The second-order valence-corrected chi connectivity index (χ2v) is 4.85. The lowest BCUT2D eigenvalue weighted by molar-refractivity contribution is 0.0993. The molecule has 0 unspecified atom stereocenters. The Morgan fingerprint density at radius 2 is 2.05 bits per heavy atom. The smallest absolute Gasteiger partial charge is 0.168 e. The Hall–Kier alpha value is -2.68. The van der Waals surface area contributed by atoms with Gasteiger partial charge in [-0.25, -0.2) is 0 Å². The van der Waals surface area contributed by atoms with Gasteiger partial charge in [0.25, 0.3) is 0 Å². The lowest BCUT2D eigenvalue weighted by atomic mass is 9.98. The standard InChI is InChI=1S/C18H15NO2/c1-21-16-8-7-13-4-2-5-14(17(13)11-16)10-18(20)15-6-3-9-19-12-15/h2-9,11-12H,10H2,1H3. The lowest BCUT2D eigenvalue weighted by Gasteiger charge is -2.08. The van der Waals surface area contributed by atoms with Crippen LogP contribution in [0.25, 0.3) is 10.8 Å². The molecule has 2 aromatic carbocycles. The van der Waals surface area contributed by atoms with Crippen LogP contribution in [0, 0.1) is 0 Å². The first-order valence-corrected chi connectivity index (χ1v) is 6.77. The van der Waals surface area contributed by atoms with Crippen LogP contribution in [0.3, 0.4) is 0 Å². The number of fused-ring (bicyclic) bond motifs is 1. The first-order valence-electron chi connectivity index (χ1n) is 6.77. The average Bonchev–Trinajstić information content (AvgIpc) is 2.55. The van der Waals surface area contributed by atoms with Crippen molar-refractivity contribution in [1.29, 1.82) is 0 Å². The summed E-state index contributed by atoms with van der Waals surface area (Å²) in [5.41, 5.74) is 1.64. The number of methoxy groups -OCH3 is 1. The zero-order valence-electron chi connectivity index (χ0n) is 11.7. The zero-order chi connectivity index (χ0) is 14.7. The molecule has 0 aliphatic rings. The molecule has 3 nitrogen and oxygen atoms in total. The van der Waals surface area contributed by atoms with Gasteiger partial charge in [0.2, 0.25) is 0 Å². The minimum absolute atomic E-state index is 0.0680. The maximum atomic E-state index is 12.3. The van der Waals surface area contributed by atoms with Crippen LogP contribution < -0.4 is 4.74 Å². The molecule has 3 aromatic rings. The van der Waals surface area contributed by atoms with Gasteiger partial charge < -0.3 is 4.74 Å². The highest BCUT2D eigenvalue weighted by Gasteiger charge is 2.10. The van der Waals surface area contributed by atoms with Crippen molar-refractivity contribution in [3.63, 3.8) is 0 Å². The number of pyridine rings is 1. The molecule has 21 heavy (non-hydrogen) atoms. The molecule has 0 bridgehead atoms. The van der Waals surface area contributed by atoms with Crippen molar-refractivity contribution in [3.8, 4) is 5.75 Å². The van der Waals surface area contributed by atoms with E-state index in [0.717, 1.165) is 22.1 Å². The fraction of sp³-hybridized carbons (Fsp3) is 0.111. The van der Waals surface area contributed by atoms with E-state index in [4.69, 9.17) is 4.74 Å². The highest BCUT2D eigenvalue weighted by molar-refractivity contribution is 6.00. The number of carbonyl (C=O) groups excluding carboxylic acids is 1. The second kappa shape index (κ2) is 5.75. The van der Waals surface area contributed by atoms with Crippen LogP contribution in [0.5, 0.6) is 5.75 Å². The normalized spacial score (nSPS) is 10.5. The number of Topliss-reactive ketones (excluding diaryl/α,β-unsaturated/α-hetero) is 1. The summed E-state index contributed by atoms with van der Waals surface area (Å²) in [4.78, 5) is 16.3. The van der Waals surface area contributed by atoms with Crippen molar-refractivity contribution in [2.75, 3.05) is 7.11 Å². The third-order valence-corrected chi connectivity index (χ3v) is 3.51. The third kappa shape index (κ3) is 2.77. The van der Waals surface area contributed by atoms with Gasteiger partial charge in [0.15, 0.2) is 5.78 Å². The van der Waals surface area contributed by atoms with E-state index in [1.807, 2.05) is 36.4 Å². The number of benzene rings is 2. The predicted octanol–water partition coefficient (Wildman–Crippen LogP) is 3.67. The van der Waals surface area contributed by atoms with Crippen molar-refractivity contribution >= 4 is 16.6 Å². The van der Waals surface area contributed by atoms with Gasteiger partial charge in [-0.3, -0.25) is 9.78 Å². The molecule has 104 valence electrons. The molecule has 0 atom stereocenters. The Labute approximate surface area is 123 Å². The molecular weight excluding hydrogens is 262 g/mol. The molecule has 0 aliphatic carbocycles. The molecule has 3 rings (SSSR count). The van der Waals surface area contributed by atoms with Crippen molar-refractivity contribution < 1.29 is 9.53 Å². The topological polar surface area (TPSA) is 39.2 Å². The molecular formula is C18H15NO2. The third-order valence-electron chi connectivity index (χ3n) is 3.51. The van der Waals surface area contributed by atoms with E-state index >= 15 is 0 Å². The molecule has 0 N–H and O–H groups in total. The summed E-state index contributed by atoms with van der Waals surface area (Å²) in [6.07, 6.45) is 3.63. The Kier molecular flexibility index (Phi) is 3.65. The molecule has 0 fully saturated rings. The largest absolute Gasteiger partial charge is 0.497 e. The molecule has 3 heteroatoms. The number of ether oxygens (including phenoxy) is 1. The minimum Gasteiger partial charge on any atom is -0.497 e. The fourth-order valence-electron chi connectivity index (χ4n) is 2.40. The number of nitrogens with zero attached hydrogens (tertiary/aromatic N) is 1. The SMILES string of the molecule is COc1ccc2cccc(CC(=O)c3cccnc3)c2c1. The van der Waals surface area contributed by atoms with Crippen LogP contribution in [-0.2, 0) is 6.42 Å². The minimum atomic E-state index is 0.0680. The summed E-state index contributed by atoms with van der Waals surface area (Å²) < 4.78 is 5.27. The molecule has 1 heterocycles. The molecule has 0 radical (unpaired) electrons.